The standard InChI is InChI=1S/C15H16Cl2N2O2/c1-4-20-8-13-18-12(17)7-14(19-13)21-15-9(2)5-11(16)6-10(15)3/h5-7H,4,8H2,1-3H3. The van der Waals surface area contributed by atoms with E-state index in [4.69, 9.17) is 32.7 Å². The van der Waals surface area contributed by atoms with Gasteiger partial charge in [0.15, 0.2) is 5.82 Å². The summed E-state index contributed by atoms with van der Waals surface area (Å²) in [5.74, 6) is 1.60. The molecule has 0 radical (unpaired) electrons. The number of hydrogen-bond acceptors (Lipinski definition) is 4. The topological polar surface area (TPSA) is 44.2 Å². The van der Waals surface area contributed by atoms with Gasteiger partial charge in [-0.1, -0.05) is 23.2 Å². The third kappa shape index (κ3) is 4.30. The molecule has 0 spiro atoms. The average Bonchev–Trinajstić information content (AvgIpc) is 2.40. The van der Waals surface area contributed by atoms with Crippen LogP contribution in [0.1, 0.15) is 23.9 Å². The van der Waals surface area contributed by atoms with E-state index < -0.39 is 0 Å². The molecule has 2 rings (SSSR count). The Morgan fingerprint density at radius 2 is 1.71 bits per heavy atom. The number of rotatable bonds is 5. The third-order valence-corrected chi connectivity index (χ3v) is 3.20. The van der Waals surface area contributed by atoms with E-state index in [2.05, 4.69) is 9.97 Å². The van der Waals surface area contributed by atoms with E-state index in [1.54, 1.807) is 6.07 Å². The first-order chi connectivity index (χ1) is 9.99. The van der Waals surface area contributed by atoms with E-state index in [1.165, 1.54) is 0 Å². The van der Waals surface area contributed by atoms with Crippen LogP contribution in [0, 0.1) is 13.8 Å². The molecule has 6 heteroatoms. The van der Waals surface area contributed by atoms with Crippen molar-refractivity contribution in [2.24, 2.45) is 0 Å². The van der Waals surface area contributed by atoms with Gasteiger partial charge in [-0.2, -0.15) is 4.98 Å². The Morgan fingerprint density at radius 1 is 1.05 bits per heavy atom. The Bertz CT molecular complexity index is 625. The highest BCUT2D eigenvalue weighted by Crippen LogP contribution is 2.31. The lowest BCUT2D eigenvalue weighted by molar-refractivity contribution is 0.128. The van der Waals surface area contributed by atoms with Crippen molar-refractivity contribution in [3.8, 4) is 11.6 Å². The molecule has 0 aliphatic rings. The van der Waals surface area contributed by atoms with E-state index in [0.29, 0.717) is 35.1 Å². The van der Waals surface area contributed by atoms with Crippen molar-refractivity contribution >= 4 is 23.2 Å². The third-order valence-electron chi connectivity index (χ3n) is 2.78. The second kappa shape index (κ2) is 7.07. The summed E-state index contributed by atoms with van der Waals surface area (Å²) in [5.41, 5.74) is 1.86. The smallest absolute Gasteiger partial charge is 0.224 e. The SMILES string of the molecule is CCOCc1nc(Cl)cc(Oc2c(C)cc(Cl)cc2C)n1. The van der Waals surface area contributed by atoms with Crippen LogP contribution < -0.4 is 4.74 Å². The number of ether oxygens (including phenoxy) is 2. The van der Waals surface area contributed by atoms with E-state index in [1.807, 2.05) is 32.9 Å². The molecule has 1 aromatic heterocycles. The molecule has 2 aromatic rings. The Kier molecular flexibility index (Phi) is 5.39. The highest BCUT2D eigenvalue weighted by atomic mass is 35.5. The van der Waals surface area contributed by atoms with E-state index in [9.17, 15) is 0 Å². The molecule has 4 nitrogen and oxygen atoms in total. The van der Waals surface area contributed by atoms with Gasteiger partial charge in [0.1, 0.15) is 17.5 Å². The zero-order valence-electron chi connectivity index (χ0n) is 12.1. The van der Waals surface area contributed by atoms with Crippen molar-refractivity contribution in [1.29, 1.82) is 0 Å². The van der Waals surface area contributed by atoms with Gasteiger partial charge >= 0.3 is 0 Å². The molecule has 1 heterocycles. The van der Waals surface area contributed by atoms with Gasteiger partial charge < -0.3 is 9.47 Å². The van der Waals surface area contributed by atoms with Gasteiger partial charge in [-0.25, -0.2) is 4.98 Å². The molecule has 0 unspecified atom stereocenters. The highest BCUT2D eigenvalue weighted by Gasteiger charge is 2.10. The van der Waals surface area contributed by atoms with Crippen molar-refractivity contribution in [3.05, 3.63) is 45.3 Å². The summed E-state index contributed by atoms with van der Waals surface area (Å²) >= 11 is 12.0. The van der Waals surface area contributed by atoms with E-state index in [0.717, 1.165) is 16.9 Å². The Morgan fingerprint density at radius 3 is 2.33 bits per heavy atom. The van der Waals surface area contributed by atoms with Crippen molar-refractivity contribution < 1.29 is 9.47 Å². The van der Waals surface area contributed by atoms with Gasteiger partial charge in [-0.05, 0) is 44.0 Å². The zero-order valence-corrected chi connectivity index (χ0v) is 13.6. The maximum Gasteiger partial charge on any atom is 0.224 e. The van der Waals surface area contributed by atoms with Crippen molar-refractivity contribution in [3.63, 3.8) is 0 Å². The minimum Gasteiger partial charge on any atom is -0.438 e. The second-order valence-electron chi connectivity index (χ2n) is 4.55. The summed E-state index contributed by atoms with van der Waals surface area (Å²) in [4.78, 5) is 8.40. The maximum atomic E-state index is 6.01. The second-order valence-corrected chi connectivity index (χ2v) is 5.38. The van der Waals surface area contributed by atoms with Crippen LogP contribution in [-0.4, -0.2) is 16.6 Å². The lowest BCUT2D eigenvalue weighted by Gasteiger charge is -2.12. The molecule has 21 heavy (non-hydrogen) atoms. The molecule has 0 aliphatic carbocycles. The number of nitrogens with zero attached hydrogens (tertiary/aromatic N) is 2. The van der Waals surface area contributed by atoms with Crippen molar-refractivity contribution in [2.45, 2.75) is 27.4 Å². The molecule has 112 valence electrons. The predicted octanol–water partition coefficient (Wildman–Crippen LogP) is 4.73. The summed E-state index contributed by atoms with van der Waals surface area (Å²) in [6, 6.07) is 5.26. The quantitative estimate of drug-likeness (QED) is 0.745. The normalized spacial score (nSPS) is 10.7. The van der Waals surface area contributed by atoms with Crippen LogP contribution in [0.15, 0.2) is 18.2 Å². The molecule has 0 fully saturated rings. The highest BCUT2D eigenvalue weighted by molar-refractivity contribution is 6.30. The summed E-state index contributed by atoms with van der Waals surface area (Å²) < 4.78 is 11.1. The molecule has 0 atom stereocenters. The minimum absolute atomic E-state index is 0.298. The molecule has 0 bridgehead atoms. The van der Waals surface area contributed by atoms with Gasteiger partial charge in [0.05, 0.1) is 0 Å². The largest absolute Gasteiger partial charge is 0.438 e. The lowest BCUT2D eigenvalue weighted by Crippen LogP contribution is -2.02. The zero-order chi connectivity index (χ0) is 15.4. The molecule has 0 aliphatic heterocycles. The summed E-state index contributed by atoms with van der Waals surface area (Å²) in [6.45, 7) is 6.64. The average molecular weight is 327 g/mol. The van der Waals surface area contributed by atoms with E-state index in [-0.39, 0.29) is 0 Å². The summed E-state index contributed by atoms with van der Waals surface area (Å²) in [6.07, 6.45) is 0. The summed E-state index contributed by atoms with van der Waals surface area (Å²) in [7, 11) is 0. The predicted molar refractivity (Wildman–Crippen MR) is 83.4 cm³/mol. The van der Waals surface area contributed by atoms with Gasteiger partial charge in [-0.3, -0.25) is 0 Å². The van der Waals surface area contributed by atoms with Crippen molar-refractivity contribution in [2.75, 3.05) is 6.61 Å². The summed E-state index contributed by atoms with van der Waals surface area (Å²) in [5, 5.41) is 0.995. The first-order valence-corrected chi connectivity index (χ1v) is 7.31. The lowest BCUT2D eigenvalue weighted by atomic mass is 10.1. The number of aryl methyl sites for hydroxylation is 2. The molecule has 0 saturated heterocycles. The van der Waals surface area contributed by atoms with Crippen LogP contribution in [0.4, 0.5) is 0 Å². The van der Waals surface area contributed by atoms with Gasteiger partial charge in [0.2, 0.25) is 5.88 Å². The van der Waals surface area contributed by atoms with Gasteiger partial charge in [0.25, 0.3) is 0 Å². The monoisotopic (exact) mass is 326 g/mol. The van der Waals surface area contributed by atoms with Crippen LogP contribution in [-0.2, 0) is 11.3 Å². The molecule has 0 N–H and O–H groups in total. The maximum absolute atomic E-state index is 6.01. The Labute approximate surface area is 134 Å². The number of hydrogen-bond donors (Lipinski definition) is 0. The van der Waals surface area contributed by atoms with Gasteiger partial charge in [-0.15, -0.1) is 0 Å². The van der Waals surface area contributed by atoms with Crippen LogP contribution in [0.3, 0.4) is 0 Å². The number of benzene rings is 1. The molecule has 1 aromatic carbocycles. The molecular formula is C15H16Cl2N2O2. The number of aromatic nitrogens is 2. The molecular weight excluding hydrogens is 311 g/mol. The van der Waals surface area contributed by atoms with Crippen LogP contribution in [0.5, 0.6) is 11.6 Å². The Hall–Kier alpha value is -1.36. The van der Waals surface area contributed by atoms with E-state index >= 15 is 0 Å². The fraction of sp³-hybridized carbons (Fsp3) is 0.333. The fourth-order valence-electron chi connectivity index (χ4n) is 1.92. The van der Waals surface area contributed by atoms with Crippen LogP contribution in [0.25, 0.3) is 0 Å². The molecule has 0 saturated carbocycles. The number of halogens is 2. The minimum atomic E-state index is 0.298. The van der Waals surface area contributed by atoms with Crippen molar-refractivity contribution in [1.82, 2.24) is 9.97 Å². The first-order valence-electron chi connectivity index (χ1n) is 6.55. The first kappa shape index (κ1) is 16.0. The Balaban J connectivity index is 2.29. The van der Waals surface area contributed by atoms with Gasteiger partial charge in [0, 0.05) is 17.7 Å². The van der Waals surface area contributed by atoms with Crippen LogP contribution in [0.2, 0.25) is 10.2 Å². The fourth-order valence-corrected chi connectivity index (χ4v) is 2.43. The van der Waals surface area contributed by atoms with Crippen LogP contribution >= 0.6 is 23.2 Å². The molecule has 0 amide bonds.